The van der Waals surface area contributed by atoms with Gasteiger partial charge in [-0.3, -0.25) is 14.9 Å². The number of non-ortho nitro benzene ring substituents is 1. The molecule has 20 heavy (non-hydrogen) atoms. The molecule has 0 unspecified atom stereocenters. The van der Waals surface area contributed by atoms with Gasteiger partial charge in [0.1, 0.15) is 0 Å². The summed E-state index contributed by atoms with van der Waals surface area (Å²) in [6.07, 6.45) is -0.150. The fraction of sp³-hybridized carbons (Fsp3) is 0.333. The second kappa shape index (κ2) is 6.50. The van der Waals surface area contributed by atoms with E-state index < -0.39 is 16.9 Å². The molecule has 0 fully saturated rings. The molecular weight excluding hydrogens is 266 g/mol. The van der Waals surface area contributed by atoms with Crippen LogP contribution in [0.4, 0.5) is 16.2 Å². The van der Waals surface area contributed by atoms with E-state index in [1.807, 2.05) is 0 Å². The van der Waals surface area contributed by atoms with Crippen LogP contribution in [0.1, 0.15) is 12.0 Å². The van der Waals surface area contributed by atoms with E-state index in [2.05, 4.69) is 5.32 Å². The number of benzene rings is 1. The Morgan fingerprint density at radius 3 is 2.60 bits per heavy atom. The smallest absolute Gasteiger partial charge is 0.321 e. The van der Waals surface area contributed by atoms with Crippen LogP contribution in [0.3, 0.4) is 0 Å². The molecule has 1 aromatic carbocycles. The van der Waals surface area contributed by atoms with Gasteiger partial charge in [0, 0.05) is 31.4 Å². The van der Waals surface area contributed by atoms with Crippen molar-refractivity contribution < 1.29 is 19.6 Å². The van der Waals surface area contributed by atoms with Crippen molar-refractivity contribution in [2.24, 2.45) is 0 Å². The second-order valence-electron chi connectivity index (χ2n) is 4.25. The van der Waals surface area contributed by atoms with Gasteiger partial charge in [-0.2, -0.15) is 0 Å². The summed E-state index contributed by atoms with van der Waals surface area (Å²) in [5.74, 6) is -0.990. The maximum atomic E-state index is 11.8. The first kappa shape index (κ1) is 15.4. The Hall–Kier alpha value is -2.64. The van der Waals surface area contributed by atoms with Crippen molar-refractivity contribution >= 4 is 23.4 Å². The molecule has 2 N–H and O–H groups in total. The molecule has 0 aromatic heterocycles. The second-order valence-corrected chi connectivity index (χ2v) is 4.25. The summed E-state index contributed by atoms with van der Waals surface area (Å²) >= 11 is 0. The van der Waals surface area contributed by atoms with Crippen molar-refractivity contribution in [1.29, 1.82) is 0 Å². The number of nitrogens with zero attached hydrogens (tertiary/aromatic N) is 2. The van der Waals surface area contributed by atoms with Crippen molar-refractivity contribution in [2.45, 2.75) is 13.3 Å². The minimum Gasteiger partial charge on any atom is -0.481 e. The Labute approximate surface area is 115 Å². The summed E-state index contributed by atoms with van der Waals surface area (Å²) in [6.45, 7) is 1.72. The van der Waals surface area contributed by atoms with Gasteiger partial charge in [0.2, 0.25) is 0 Å². The highest BCUT2D eigenvalue weighted by atomic mass is 16.6. The molecule has 1 rings (SSSR count). The lowest BCUT2D eigenvalue weighted by atomic mass is 10.2. The maximum absolute atomic E-state index is 11.8. The average molecular weight is 281 g/mol. The minimum absolute atomic E-state index is 0.0558. The van der Waals surface area contributed by atoms with E-state index in [0.29, 0.717) is 11.3 Å². The first-order valence-electron chi connectivity index (χ1n) is 5.80. The van der Waals surface area contributed by atoms with Crippen LogP contribution < -0.4 is 5.32 Å². The Morgan fingerprint density at radius 2 is 2.10 bits per heavy atom. The lowest BCUT2D eigenvalue weighted by Gasteiger charge is -2.17. The molecule has 0 spiro atoms. The van der Waals surface area contributed by atoms with Gasteiger partial charge < -0.3 is 15.3 Å². The number of carbonyl (C=O) groups excluding carboxylic acids is 1. The van der Waals surface area contributed by atoms with Crippen LogP contribution in [-0.2, 0) is 4.79 Å². The number of urea groups is 1. The van der Waals surface area contributed by atoms with E-state index in [-0.39, 0.29) is 18.7 Å². The first-order chi connectivity index (χ1) is 9.31. The third-order valence-corrected chi connectivity index (χ3v) is 2.67. The van der Waals surface area contributed by atoms with Crippen molar-refractivity contribution in [3.8, 4) is 0 Å². The summed E-state index contributed by atoms with van der Waals surface area (Å²) in [6, 6.07) is 3.62. The zero-order chi connectivity index (χ0) is 15.3. The largest absolute Gasteiger partial charge is 0.481 e. The summed E-state index contributed by atoms with van der Waals surface area (Å²) in [5, 5.41) is 21.7. The lowest BCUT2D eigenvalue weighted by molar-refractivity contribution is -0.384. The van der Waals surface area contributed by atoms with E-state index in [1.165, 1.54) is 30.1 Å². The van der Waals surface area contributed by atoms with Gasteiger partial charge in [0.05, 0.1) is 11.3 Å². The summed E-state index contributed by atoms with van der Waals surface area (Å²) in [4.78, 5) is 33.5. The van der Waals surface area contributed by atoms with E-state index >= 15 is 0 Å². The molecule has 0 saturated heterocycles. The fourth-order valence-electron chi connectivity index (χ4n) is 1.48. The number of carbonyl (C=O) groups is 2. The van der Waals surface area contributed by atoms with E-state index in [0.717, 1.165) is 0 Å². The Morgan fingerprint density at radius 1 is 1.45 bits per heavy atom. The number of aliphatic carboxylic acids is 1. The molecule has 0 atom stereocenters. The zero-order valence-electron chi connectivity index (χ0n) is 11.1. The van der Waals surface area contributed by atoms with Crippen LogP contribution in [0.15, 0.2) is 18.2 Å². The molecule has 8 heteroatoms. The van der Waals surface area contributed by atoms with Crippen molar-refractivity contribution in [3.63, 3.8) is 0 Å². The number of nitrogens with one attached hydrogen (secondary N) is 1. The molecule has 108 valence electrons. The van der Waals surface area contributed by atoms with Crippen LogP contribution in [0.25, 0.3) is 0 Å². The maximum Gasteiger partial charge on any atom is 0.321 e. The molecule has 8 nitrogen and oxygen atoms in total. The fourth-order valence-corrected chi connectivity index (χ4v) is 1.48. The summed E-state index contributed by atoms with van der Waals surface area (Å²) in [7, 11) is 1.47. The molecular formula is C12H15N3O5. The quantitative estimate of drug-likeness (QED) is 0.631. The molecule has 0 aliphatic rings. The highest BCUT2D eigenvalue weighted by Crippen LogP contribution is 2.21. The van der Waals surface area contributed by atoms with Gasteiger partial charge in [-0.25, -0.2) is 4.79 Å². The highest BCUT2D eigenvalue weighted by Gasteiger charge is 2.13. The predicted octanol–water partition coefficient (Wildman–Crippen LogP) is 1.84. The molecule has 0 bridgehead atoms. The van der Waals surface area contributed by atoms with E-state index in [9.17, 15) is 19.7 Å². The molecule has 0 heterocycles. The van der Waals surface area contributed by atoms with E-state index in [4.69, 9.17) is 5.11 Å². The van der Waals surface area contributed by atoms with Crippen molar-refractivity contribution in [2.75, 3.05) is 18.9 Å². The van der Waals surface area contributed by atoms with Gasteiger partial charge in [-0.15, -0.1) is 0 Å². The standard InChI is InChI=1S/C12H15N3O5/c1-8-7-9(15(19)20)3-4-10(8)13-12(18)14(2)6-5-11(16)17/h3-4,7H,5-6H2,1-2H3,(H,13,18)(H,16,17). The van der Waals surface area contributed by atoms with Gasteiger partial charge in [0.25, 0.3) is 5.69 Å². The van der Waals surface area contributed by atoms with Crippen LogP contribution in [0.5, 0.6) is 0 Å². The first-order valence-corrected chi connectivity index (χ1v) is 5.80. The number of hydrogen-bond acceptors (Lipinski definition) is 4. The Balaban J connectivity index is 2.70. The van der Waals surface area contributed by atoms with Crippen molar-refractivity contribution in [1.82, 2.24) is 4.90 Å². The van der Waals surface area contributed by atoms with Crippen LogP contribution in [0.2, 0.25) is 0 Å². The SMILES string of the molecule is Cc1cc([N+](=O)[O-])ccc1NC(=O)N(C)CCC(=O)O. The Bertz CT molecular complexity index is 544. The van der Waals surface area contributed by atoms with Crippen LogP contribution >= 0.6 is 0 Å². The molecule has 0 aliphatic carbocycles. The third-order valence-electron chi connectivity index (χ3n) is 2.67. The monoisotopic (exact) mass is 281 g/mol. The highest BCUT2D eigenvalue weighted by molar-refractivity contribution is 5.90. The number of nitro benzene ring substituents is 1. The van der Waals surface area contributed by atoms with Gasteiger partial charge in [-0.1, -0.05) is 0 Å². The summed E-state index contributed by atoms with van der Waals surface area (Å²) in [5.41, 5.74) is 0.946. The van der Waals surface area contributed by atoms with Crippen molar-refractivity contribution in [3.05, 3.63) is 33.9 Å². The zero-order valence-corrected chi connectivity index (χ0v) is 11.1. The molecule has 1 aromatic rings. The van der Waals surface area contributed by atoms with E-state index in [1.54, 1.807) is 6.92 Å². The molecule has 0 radical (unpaired) electrons. The number of carboxylic acids is 1. The normalized spacial score (nSPS) is 9.90. The van der Waals surface area contributed by atoms with Crippen LogP contribution in [-0.4, -0.2) is 40.5 Å². The molecule has 2 amide bonds. The summed E-state index contributed by atoms with van der Waals surface area (Å²) < 4.78 is 0. The van der Waals surface area contributed by atoms with Gasteiger partial charge in [-0.05, 0) is 18.6 Å². The number of hydrogen-bond donors (Lipinski definition) is 2. The number of rotatable bonds is 5. The average Bonchev–Trinajstić information content (AvgIpc) is 2.37. The molecule has 0 aliphatic heterocycles. The Kier molecular flexibility index (Phi) is 5.01. The third kappa shape index (κ3) is 4.23. The van der Waals surface area contributed by atoms with Gasteiger partial charge >= 0.3 is 12.0 Å². The number of anilines is 1. The predicted molar refractivity (Wildman–Crippen MR) is 71.7 cm³/mol. The number of nitro groups is 1. The number of amides is 2. The topological polar surface area (TPSA) is 113 Å². The lowest BCUT2D eigenvalue weighted by Crippen LogP contribution is -2.33. The van der Waals surface area contributed by atoms with Gasteiger partial charge in [0.15, 0.2) is 0 Å². The number of aryl methyl sites for hydroxylation is 1. The number of carboxylic acid groups (broad SMARTS) is 1. The molecule has 0 saturated carbocycles. The van der Waals surface area contributed by atoms with Crippen LogP contribution in [0, 0.1) is 17.0 Å². The minimum atomic E-state index is -0.990.